The molecule has 80 valence electrons. The van der Waals surface area contributed by atoms with Crippen molar-refractivity contribution < 1.29 is 0 Å². The quantitative estimate of drug-likeness (QED) is 0.668. The van der Waals surface area contributed by atoms with Crippen LogP contribution < -0.4 is 9.75 Å². The van der Waals surface area contributed by atoms with Gasteiger partial charge in [0, 0.05) is 15.8 Å². The Bertz CT molecular complexity index is 597. The molecule has 0 amide bonds. The Morgan fingerprint density at radius 2 is 1.94 bits per heavy atom. The monoisotopic (exact) mass is 244 g/mol. The molecule has 0 bridgehead atoms. The summed E-state index contributed by atoms with van der Waals surface area (Å²) in [5.41, 5.74) is 1.43. The smallest absolute Gasteiger partial charge is 0.0302 e. The predicted molar refractivity (Wildman–Crippen MR) is 74.2 cm³/mol. The fraction of sp³-hybridized carbons (Fsp3) is 0.143. The fourth-order valence-corrected chi connectivity index (χ4v) is 3.60. The van der Waals surface area contributed by atoms with Crippen molar-refractivity contribution in [3.63, 3.8) is 0 Å². The van der Waals surface area contributed by atoms with Gasteiger partial charge in [0.25, 0.3) is 0 Å². The first-order valence-corrected chi connectivity index (χ1v) is 7.16. The van der Waals surface area contributed by atoms with Gasteiger partial charge in [0.05, 0.1) is 0 Å². The maximum atomic E-state index is 2.26. The van der Waals surface area contributed by atoms with Crippen LogP contribution in [0.5, 0.6) is 0 Å². The van der Waals surface area contributed by atoms with E-state index in [1.165, 1.54) is 20.2 Å². The second kappa shape index (κ2) is 4.40. The van der Waals surface area contributed by atoms with Crippen molar-refractivity contribution in [1.82, 2.24) is 0 Å². The van der Waals surface area contributed by atoms with Gasteiger partial charge in [-0.1, -0.05) is 24.3 Å². The van der Waals surface area contributed by atoms with Crippen molar-refractivity contribution in [1.29, 1.82) is 0 Å². The molecule has 2 aliphatic carbocycles. The molecule has 0 radical (unpaired) electrons. The number of hydrogen-bond donors (Lipinski definition) is 0. The summed E-state index contributed by atoms with van der Waals surface area (Å²) >= 11 is 3.67. The second-order valence-electron chi connectivity index (χ2n) is 3.79. The Morgan fingerprint density at radius 3 is 2.81 bits per heavy atom. The normalized spacial score (nSPS) is 14.5. The lowest BCUT2D eigenvalue weighted by atomic mass is 10.3. The minimum atomic E-state index is 1.14. The molecule has 0 atom stereocenters. The Hall–Kier alpha value is -1.12. The van der Waals surface area contributed by atoms with E-state index in [1.807, 2.05) is 22.7 Å². The molecule has 2 aromatic rings. The van der Waals surface area contributed by atoms with Crippen LogP contribution in [0.4, 0.5) is 0 Å². The molecule has 2 heteroatoms. The molecule has 2 aromatic heterocycles. The SMILES string of the molecule is C1=Cc2ccsc2C1.C1=c2ccsc2=CC1. The summed E-state index contributed by atoms with van der Waals surface area (Å²) in [4.78, 5) is 1.52. The predicted octanol–water partition coefficient (Wildman–Crippen LogP) is 3.03. The van der Waals surface area contributed by atoms with Gasteiger partial charge >= 0.3 is 0 Å². The zero-order chi connectivity index (χ0) is 10.8. The van der Waals surface area contributed by atoms with Crippen molar-refractivity contribution in [2.45, 2.75) is 12.8 Å². The molecular formula is C14H12S2. The molecule has 0 fully saturated rings. The Labute approximate surface area is 103 Å². The van der Waals surface area contributed by atoms with Crippen molar-refractivity contribution >= 4 is 40.9 Å². The van der Waals surface area contributed by atoms with Gasteiger partial charge < -0.3 is 0 Å². The molecule has 0 saturated carbocycles. The number of thiophene rings is 2. The van der Waals surface area contributed by atoms with Crippen molar-refractivity contribution in [2.75, 3.05) is 0 Å². The van der Waals surface area contributed by atoms with E-state index >= 15 is 0 Å². The van der Waals surface area contributed by atoms with Gasteiger partial charge in [0.2, 0.25) is 0 Å². The van der Waals surface area contributed by atoms with Crippen molar-refractivity contribution in [3.05, 3.63) is 49.2 Å². The van der Waals surface area contributed by atoms with Crippen LogP contribution in [0.2, 0.25) is 0 Å². The van der Waals surface area contributed by atoms with E-state index in [-0.39, 0.29) is 0 Å². The zero-order valence-corrected chi connectivity index (χ0v) is 10.5. The van der Waals surface area contributed by atoms with E-state index < -0.39 is 0 Å². The summed E-state index contributed by atoms with van der Waals surface area (Å²) in [5, 5.41) is 5.71. The van der Waals surface area contributed by atoms with E-state index in [1.54, 1.807) is 0 Å². The van der Waals surface area contributed by atoms with E-state index in [0.717, 1.165) is 12.8 Å². The molecule has 4 rings (SSSR count). The van der Waals surface area contributed by atoms with Crippen LogP contribution >= 0.6 is 22.7 Å². The van der Waals surface area contributed by atoms with Gasteiger partial charge in [-0.2, -0.15) is 0 Å². The first kappa shape index (κ1) is 10.1. The van der Waals surface area contributed by atoms with Crippen molar-refractivity contribution in [2.24, 2.45) is 0 Å². The van der Waals surface area contributed by atoms with Gasteiger partial charge in [-0.25, -0.2) is 0 Å². The highest BCUT2D eigenvalue weighted by Gasteiger charge is 2.03. The lowest BCUT2D eigenvalue weighted by molar-refractivity contribution is 1.40. The summed E-state index contributed by atoms with van der Waals surface area (Å²) in [6, 6.07) is 4.34. The first-order chi connectivity index (χ1) is 7.93. The molecule has 0 unspecified atom stereocenters. The summed E-state index contributed by atoms with van der Waals surface area (Å²) in [6.07, 6.45) is 11.2. The van der Waals surface area contributed by atoms with Crippen molar-refractivity contribution in [3.8, 4) is 0 Å². The summed E-state index contributed by atoms with van der Waals surface area (Å²) in [5.74, 6) is 0. The molecule has 16 heavy (non-hydrogen) atoms. The van der Waals surface area contributed by atoms with E-state index in [2.05, 4.69) is 47.2 Å². The summed E-state index contributed by atoms with van der Waals surface area (Å²) < 4.78 is 1.45. The van der Waals surface area contributed by atoms with Gasteiger partial charge in [-0.15, -0.1) is 22.7 Å². The molecule has 0 spiro atoms. The average Bonchev–Trinajstić information content (AvgIpc) is 2.99. The van der Waals surface area contributed by atoms with E-state index in [0.29, 0.717) is 0 Å². The molecular weight excluding hydrogens is 232 g/mol. The molecule has 0 aliphatic heterocycles. The Kier molecular flexibility index (Phi) is 2.77. The zero-order valence-electron chi connectivity index (χ0n) is 8.85. The minimum absolute atomic E-state index is 1.14. The van der Waals surface area contributed by atoms with Crippen LogP contribution in [0.1, 0.15) is 16.9 Å². The number of rotatable bonds is 0. The molecule has 2 aliphatic rings. The number of hydrogen-bond acceptors (Lipinski definition) is 2. The largest absolute Gasteiger partial charge is 0.148 e. The third-order valence-corrected chi connectivity index (χ3v) is 4.64. The average molecular weight is 244 g/mol. The highest BCUT2D eigenvalue weighted by molar-refractivity contribution is 7.10. The third-order valence-electron chi connectivity index (χ3n) is 2.75. The molecule has 0 aromatic carbocycles. The maximum absolute atomic E-state index is 2.26. The highest BCUT2D eigenvalue weighted by Crippen LogP contribution is 2.23. The maximum Gasteiger partial charge on any atom is 0.0302 e. The number of fused-ring (bicyclic) bond motifs is 2. The van der Waals surface area contributed by atoms with E-state index in [4.69, 9.17) is 0 Å². The molecule has 0 N–H and O–H groups in total. The van der Waals surface area contributed by atoms with Gasteiger partial charge in [0.15, 0.2) is 0 Å². The first-order valence-electron chi connectivity index (χ1n) is 5.40. The summed E-state index contributed by atoms with van der Waals surface area (Å²) in [6.45, 7) is 0. The Morgan fingerprint density at radius 1 is 1.00 bits per heavy atom. The lowest BCUT2D eigenvalue weighted by Gasteiger charge is -1.79. The molecule has 0 saturated heterocycles. The highest BCUT2D eigenvalue weighted by atomic mass is 32.1. The van der Waals surface area contributed by atoms with E-state index in [9.17, 15) is 0 Å². The molecule has 0 nitrogen and oxygen atoms in total. The van der Waals surface area contributed by atoms with Gasteiger partial charge in [-0.3, -0.25) is 0 Å². The van der Waals surface area contributed by atoms with Crippen LogP contribution in [0.15, 0.2) is 29.0 Å². The van der Waals surface area contributed by atoms with Gasteiger partial charge in [-0.05, 0) is 40.1 Å². The molecule has 2 heterocycles. The van der Waals surface area contributed by atoms with Crippen LogP contribution in [-0.2, 0) is 6.42 Å². The fourth-order valence-electron chi connectivity index (χ4n) is 1.92. The minimum Gasteiger partial charge on any atom is -0.148 e. The van der Waals surface area contributed by atoms with Crippen LogP contribution in [0.25, 0.3) is 18.2 Å². The Balaban J connectivity index is 0.000000101. The standard InChI is InChI=1S/2C7H6S/c2*1-2-6-4-5-8-7(6)3-1/h2-5H,1H2;1-2,4-5H,3H2. The third kappa shape index (κ3) is 1.91. The topological polar surface area (TPSA) is 0 Å². The van der Waals surface area contributed by atoms with Crippen LogP contribution in [-0.4, -0.2) is 0 Å². The lowest BCUT2D eigenvalue weighted by Crippen LogP contribution is -2.11. The van der Waals surface area contributed by atoms with Crippen LogP contribution in [0.3, 0.4) is 0 Å². The second-order valence-corrected chi connectivity index (χ2v) is 5.74. The number of allylic oxidation sites excluding steroid dienone is 1. The van der Waals surface area contributed by atoms with Gasteiger partial charge in [0.1, 0.15) is 0 Å². The summed E-state index contributed by atoms with van der Waals surface area (Å²) in [7, 11) is 0. The van der Waals surface area contributed by atoms with Crippen LogP contribution in [0, 0.1) is 0 Å².